The van der Waals surface area contributed by atoms with Crippen LogP contribution in [0.5, 0.6) is 5.75 Å². The molecule has 3 heteroatoms. The van der Waals surface area contributed by atoms with Gasteiger partial charge in [-0.05, 0) is 85.1 Å². The molecule has 2 aliphatic carbocycles. The Hall–Kier alpha value is -1.90. The molecule has 0 aliphatic heterocycles. The van der Waals surface area contributed by atoms with E-state index in [-0.39, 0.29) is 11.6 Å². The molecule has 28 heavy (non-hydrogen) atoms. The van der Waals surface area contributed by atoms with Crippen LogP contribution in [0.25, 0.3) is 11.1 Å². The van der Waals surface area contributed by atoms with Crippen molar-refractivity contribution in [3.63, 3.8) is 0 Å². The number of rotatable bonds is 4. The Bertz CT molecular complexity index is 831. The van der Waals surface area contributed by atoms with Gasteiger partial charge < -0.3 is 4.74 Å². The summed E-state index contributed by atoms with van der Waals surface area (Å²) < 4.78 is 33.8. The molecule has 0 radical (unpaired) electrons. The lowest BCUT2D eigenvalue weighted by atomic mass is 9.63. The van der Waals surface area contributed by atoms with Gasteiger partial charge in [-0.3, -0.25) is 0 Å². The third-order valence-corrected chi connectivity index (χ3v) is 7.23. The molecule has 0 N–H and O–H groups in total. The largest absolute Gasteiger partial charge is 0.494 e. The third kappa shape index (κ3) is 3.81. The molecule has 0 bridgehead atoms. The van der Waals surface area contributed by atoms with E-state index in [4.69, 9.17) is 4.74 Å². The zero-order chi connectivity index (χ0) is 19.7. The van der Waals surface area contributed by atoms with Gasteiger partial charge in [0.15, 0.2) is 11.6 Å². The van der Waals surface area contributed by atoms with E-state index in [0.717, 1.165) is 29.7 Å². The van der Waals surface area contributed by atoms with Crippen molar-refractivity contribution in [1.82, 2.24) is 0 Å². The summed E-state index contributed by atoms with van der Waals surface area (Å²) in [5, 5.41) is 0. The van der Waals surface area contributed by atoms with Crippen molar-refractivity contribution in [2.75, 3.05) is 7.11 Å². The van der Waals surface area contributed by atoms with Crippen molar-refractivity contribution in [3.05, 3.63) is 53.6 Å². The van der Waals surface area contributed by atoms with E-state index in [1.165, 1.54) is 51.7 Å². The first-order chi connectivity index (χ1) is 13.6. The van der Waals surface area contributed by atoms with Gasteiger partial charge in [0.05, 0.1) is 7.11 Å². The van der Waals surface area contributed by atoms with Crippen molar-refractivity contribution in [3.8, 4) is 16.9 Å². The predicted molar refractivity (Wildman–Crippen MR) is 110 cm³/mol. The number of benzene rings is 2. The number of ether oxygens (including phenoxy) is 1. The predicted octanol–water partition coefficient (Wildman–Crippen LogP) is 7.35. The Balaban J connectivity index is 1.50. The first-order valence-corrected chi connectivity index (χ1v) is 10.7. The Morgan fingerprint density at radius 3 is 2.39 bits per heavy atom. The molecule has 4 rings (SSSR count). The highest BCUT2D eigenvalue weighted by molar-refractivity contribution is 5.65. The summed E-state index contributed by atoms with van der Waals surface area (Å²) in [4.78, 5) is 0. The number of methoxy groups -OCH3 is 1. The zero-order valence-electron chi connectivity index (χ0n) is 16.9. The van der Waals surface area contributed by atoms with Gasteiger partial charge in [0.25, 0.3) is 0 Å². The molecule has 0 saturated heterocycles. The summed E-state index contributed by atoms with van der Waals surface area (Å²) in [6.45, 7) is 2.32. The molecule has 150 valence electrons. The molecule has 2 fully saturated rings. The van der Waals surface area contributed by atoms with E-state index < -0.39 is 5.82 Å². The van der Waals surface area contributed by atoms with Crippen molar-refractivity contribution in [2.45, 2.75) is 57.8 Å². The molecular weight excluding hydrogens is 354 g/mol. The van der Waals surface area contributed by atoms with Crippen LogP contribution in [-0.2, 0) is 0 Å². The highest BCUT2D eigenvalue weighted by Gasteiger charge is 2.35. The van der Waals surface area contributed by atoms with Gasteiger partial charge in [-0.2, -0.15) is 0 Å². The quantitative estimate of drug-likeness (QED) is 0.535. The molecule has 0 aromatic heterocycles. The highest BCUT2D eigenvalue weighted by Crippen LogP contribution is 2.48. The van der Waals surface area contributed by atoms with Crippen molar-refractivity contribution in [1.29, 1.82) is 0 Å². The average Bonchev–Trinajstić information content (AvgIpc) is 2.72. The van der Waals surface area contributed by atoms with E-state index in [1.807, 2.05) is 12.1 Å². The van der Waals surface area contributed by atoms with Gasteiger partial charge in [-0.25, -0.2) is 8.78 Å². The summed E-state index contributed by atoms with van der Waals surface area (Å²) in [7, 11) is 1.43. The molecule has 2 aromatic carbocycles. The summed E-state index contributed by atoms with van der Waals surface area (Å²) in [6, 6.07) is 10.1. The molecular formula is C25H30F2O. The molecule has 0 amide bonds. The van der Waals surface area contributed by atoms with E-state index in [1.54, 1.807) is 18.2 Å². The van der Waals surface area contributed by atoms with Crippen LogP contribution in [-0.4, -0.2) is 7.11 Å². The van der Waals surface area contributed by atoms with Crippen LogP contribution in [0.4, 0.5) is 8.78 Å². The average molecular weight is 385 g/mol. The van der Waals surface area contributed by atoms with E-state index >= 15 is 0 Å². The minimum absolute atomic E-state index is 0.176. The van der Waals surface area contributed by atoms with Gasteiger partial charge in [0.1, 0.15) is 5.82 Å². The van der Waals surface area contributed by atoms with Gasteiger partial charge in [-0.15, -0.1) is 0 Å². The standard InChI is InChI=1S/C25H30F2O/c1-3-16-4-5-18-13-19(7-6-17(18)12-16)20-8-10-22(23(26)14-20)21-9-11-25(28-2)24(27)15-21/h8-11,14-19H,3-7,12-13H2,1-2H3/t16?,17-,18-,19-/m1/s1. The second kappa shape index (κ2) is 8.23. The second-order valence-corrected chi connectivity index (χ2v) is 8.71. The lowest BCUT2D eigenvalue weighted by molar-refractivity contribution is 0.116. The van der Waals surface area contributed by atoms with Gasteiger partial charge in [-0.1, -0.05) is 38.0 Å². The maximum atomic E-state index is 14.9. The number of hydrogen-bond donors (Lipinski definition) is 0. The van der Waals surface area contributed by atoms with Crippen LogP contribution in [0, 0.1) is 29.4 Å². The minimum Gasteiger partial charge on any atom is -0.494 e. The first kappa shape index (κ1) is 19.4. The van der Waals surface area contributed by atoms with Crippen LogP contribution in [0.15, 0.2) is 36.4 Å². The van der Waals surface area contributed by atoms with Crippen molar-refractivity contribution >= 4 is 0 Å². The Morgan fingerprint density at radius 1 is 0.893 bits per heavy atom. The maximum absolute atomic E-state index is 14.9. The summed E-state index contributed by atoms with van der Waals surface area (Å²) in [5.41, 5.74) is 2.10. The monoisotopic (exact) mass is 384 g/mol. The normalized spacial score (nSPS) is 27.3. The number of hydrogen-bond acceptors (Lipinski definition) is 1. The van der Waals surface area contributed by atoms with Crippen LogP contribution in [0.2, 0.25) is 0 Å². The number of fused-ring (bicyclic) bond motifs is 1. The van der Waals surface area contributed by atoms with Gasteiger partial charge >= 0.3 is 0 Å². The summed E-state index contributed by atoms with van der Waals surface area (Å²) in [5.74, 6) is 2.50. The second-order valence-electron chi connectivity index (χ2n) is 8.71. The maximum Gasteiger partial charge on any atom is 0.165 e. The van der Waals surface area contributed by atoms with E-state index in [9.17, 15) is 8.78 Å². The van der Waals surface area contributed by atoms with Crippen LogP contribution in [0.3, 0.4) is 0 Å². The fourth-order valence-electron chi connectivity index (χ4n) is 5.51. The molecule has 1 unspecified atom stereocenters. The van der Waals surface area contributed by atoms with Crippen LogP contribution in [0.1, 0.15) is 63.4 Å². The Labute approximate surface area is 167 Å². The Morgan fingerprint density at radius 2 is 1.68 bits per heavy atom. The molecule has 2 aromatic rings. The van der Waals surface area contributed by atoms with E-state index in [2.05, 4.69) is 6.92 Å². The molecule has 2 saturated carbocycles. The lowest BCUT2D eigenvalue weighted by Gasteiger charge is -2.42. The smallest absolute Gasteiger partial charge is 0.165 e. The van der Waals surface area contributed by atoms with Gasteiger partial charge in [0.2, 0.25) is 0 Å². The molecule has 4 atom stereocenters. The summed E-state index contributed by atoms with van der Waals surface area (Å²) >= 11 is 0. The lowest BCUT2D eigenvalue weighted by Crippen LogP contribution is -2.30. The SMILES string of the molecule is CCC1CC[C@@H]2C[C@H](c3ccc(-c4ccc(OC)c(F)c4)c(F)c3)CC[C@@H]2C1. The molecule has 0 spiro atoms. The molecule has 0 heterocycles. The van der Waals surface area contributed by atoms with Gasteiger partial charge in [0, 0.05) is 5.56 Å². The van der Waals surface area contributed by atoms with E-state index in [0.29, 0.717) is 17.0 Å². The topological polar surface area (TPSA) is 9.23 Å². The summed E-state index contributed by atoms with van der Waals surface area (Å²) in [6.07, 6.45) is 9.03. The Kier molecular flexibility index (Phi) is 5.70. The molecule has 2 aliphatic rings. The van der Waals surface area contributed by atoms with Crippen molar-refractivity contribution < 1.29 is 13.5 Å². The molecule has 1 nitrogen and oxygen atoms in total. The first-order valence-electron chi connectivity index (χ1n) is 10.7. The fourth-order valence-corrected chi connectivity index (χ4v) is 5.51. The van der Waals surface area contributed by atoms with Crippen molar-refractivity contribution in [2.24, 2.45) is 17.8 Å². The highest BCUT2D eigenvalue weighted by atomic mass is 19.1. The zero-order valence-corrected chi connectivity index (χ0v) is 16.9. The number of halogens is 2. The minimum atomic E-state index is -0.468. The van der Waals surface area contributed by atoms with Crippen LogP contribution < -0.4 is 4.74 Å². The third-order valence-electron chi connectivity index (χ3n) is 7.23. The fraction of sp³-hybridized carbons (Fsp3) is 0.520. The van der Waals surface area contributed by atoms with Crippen LogP contribution >= 0.6 is 0 Å².